The quantitative estimate of drug-likeness (QED) is 0.567. The summed E-state index contributed by atoms with van der Waals surface area (Å²) in [5.74, 6) is 0.507. The number of non-ortho nitro benzene ring substituents is 1. The largest absolute Gasteiger partial charge is 0.507 e. The summed E-state index contributed by atoms with van der Waals surface area (Å²) in [5, 5.41) is 21.9. The molecule has 0 radical (unpaired) electrons. The molecule has 0 spiro atoms. The number of phenols is 1. The summed E-state index contributed by atoms with van der Waals surface area (Å²) < 4.78 is 5.66. The van der Waals surface area contributed by atoms with E-state index < -0.39 is 4.92 Å². The van der Waals surface area contributed by atoms with Crippen molar-refractivity contribution in [3.63, 3.8) is 0 Å². The highest BCUT2D eigenvalue weighted by molar-refractivity contribution is 6.10. The number of fused-ring (bicyclic) bond motifs is 3. The Kier molecular flexibility index (Phi) is 2.60. The molecule has 0 aliphatic rings. The Morgan fingerprint density at radius 2 is 2.15 bits per heavy atom. The smallest absolute Gasteiger partial charge is 0.281 e. The second-order valence-corrected chi connectivity index (χ2v) is 4.91. The first-order valence-electron chi connectivity index (χ1n) is 6.18. The van der Waals surface area contributed by atoms with Crippen LogP contribution in [0.2, 0.25) is 0 Å². The van der Waals surface area contributed by atoms with Crippen LogP contribution in [0, 0.1) is 10.1 Å². The van der Waals surface area contributed by atoms with E-state index in [0.717, 1.165) is 0 Å². The average Bonchev–Trinajstić information content (AvgIpc) is 2.82. The Morgan fingerprint density at radius 3 is 2.80 bits per heavy atom. The number of hydrogen-bond donors (Lipinski definition) is 1. The maximum absolute atomic E-state index is 11.2. The Hall–Kier alpha value is -2.63. The Bertz CT molecular complexity index is 836. The lowest BCUT2D eigenvalue weighted by Gasteiger charge is -2.02. The molecule has 102 valence electrons. The average molecular weight is 272 g/mol. The van der Waals surface area contributed by atoms with Gasteiger partial charge < -0.3 is 9.52 Å². The number of nitro benzene ring substituents is 1. The number of benzene rings is 2. The number of nitro groups is 1. The van der Waals surface area contributed by atoms with Gasteiger partial charge in [-0.15, -0.1) is 0 Å². The Morgan fingerprint density at radius 1 is 1.40 bits per heavy atom. The van der Waals surface area contributed by atoms with Crippen LogP contribution in [0.15, 0.2) is 28.7 Å². The van der Waals surface area contributed by atoms with E-state index >= 15 is 0 Å². The van der Waals surface area contributed by atoms with Gasteiger partial charge in [0.2, 0.25) is 0 Å². The van der Waals surface area contributed by atoms with Gasteiger partial charge in [-0.3, -0.25) is 10.1 Å². The van der Waals surface area contributed by atoms with Gasteiger partial charge in [-0.2, -0.15) is 0 Å². The zero-order valence-corrected chi connectivity index (χ0v) is 11.0. The zero-order valence-electron chi connectivity index (χ0n) is 11.0. The molecule has 6 nitrogen and oxygen atoms in total. The SMILES string of the molecule is CC(C)c1nc2cc(O)c3cccc([N+](=O)[O-])c3c2o1. The highest BCUT2D eigenvalue weighted by Crippen LogP contribution is 2.38. The molecule has 0 aliphatic carbocycles. The van der Waals surface area contributed by atoms with Crippen LogP contribution in [0.1, 0.15) is 25.7 Å². The van der Waals surface area contributed by atoms with Gasteiger partial charge in [0.05, 0.1) is 4.92 Å². The maximum atomic E-state index is 11.2. The summed E-state index contributed by atoms with van der Waals surface area (Å²) in [5.41, 5.74) is 0.664. The number of oxazole rings is 1. The second kappa shape index (κ2) is 4.19. The zero-order chi connectivity index (χ0) is 14.4. The molecule has 0 saturated heterocycles. The van der Waals surface area contributed by atoms with Crippen molar-refractivity contribution in [2.75, 3.05) is 0 Å². The first-order valence-corrected chi connectivity index (χ1v) is 6.18. The number of hydrogen-bond acceptors (Lipinski definition) is 5. The number of phenolic OH excluding ortho intramolecular Hbond substituents is 1. The standard InChI is InChI=1S/C14H12N2O4/c1-7(2)14-15-9-6-11(17)8-4-3-5-10(16(18)19)12(8)13(9)20-14/h3-7,17H,1-2H3. The van der Waals surface area contributed by atoms with Crippen molar-refractivity contribution in [3.05, 3.63) is 40.3 Å². The third-order valence-corrected chi connectivity index (χ3v) is 3.18. The van der Waals surface area contributed by atoms with Crippen molar-refractivity contribution in [2.24, 2.45) is 0 Å². The first kappa shape index (κ1) is 12.4. The van der Waals surface area contributed by atoms with E-state index in [0.29, 0.717) is 22.4 Å². The van der Waals surface area contributed by atoms with Crippen molar-refractivity contribution >= 4 is 27.6 Å². The number of aromatic nitrogens is 1. The van der Waals surface area contributed by atoms with Gasteiger partial charge in [0.1, 0.15) is 16.7 Å². The van der Waals surface area contributed by atoms with Crippen molar-refractivity contribution in [3.8, 4) is 5.75 Å². The van der Waals surface area contributed by atoms with Crippen LogP contribution in [0.25, 0.3) is 21.9 Å². The van der Waals surface area contributed by atoms with Gasteiger partial charge in [0, 0.05) is 23.4 Å². The number of rotatable bonds is 2. The minimum absolute atomic E-state index is 0.0418. The van der Waals surface area contributed by atoms with Crippen LogP contribution in [0.3, 0.4) is 0 Å². The van der Waals surface area contributed by atoms with Crippen LogP contribution >= 0.6 is 0 Å². The van der Waals surface area contributed by atoms with Gasteiger partial charge in [-0.1, -0.05) is 26.0 Å². The molecule has 20 heavy (non-hydrogen) atoms. The number of aromatic hydroxyl groups is 1. The minimum Gasteiger partial charge on any atom is -0.507 e. The predicted molar refractivity (Wildman–Crippen MR) is 73.9 cm³/mol. The van der Waals surface area contributed by atoms with E-state index in [1.54, 1.807) is 6.07 Å². The summed E-state index contributed by atoms with van der Waals surface area (Å²) in [6.45, 7) is 3.84. The fourth-order valence-corrected chi connectivity index (χ4v) is 2.22. The van der Waals surface area contributed by atoms with Crippen molar-refractivity contribution in [1.82, 2.24) is 4.98 Å². The van der Waals surface area contributed by atoms with Crippen molar-refractivity contribution in [1.29, 1.82) is 0 Å². The Labute approximate surface area is 113 Å². The van der Waals surface area contributed by atoms with Gasteiger partial charge in [-0.05, 0) is 0 Å². The van der Waals surface area contributed by atoms with E-state index in [9.17, 15) is 15.2 Å². The van der Waals surface area contributed by atoms with Crippen LogP contribution < -0.4 is 0 Å². The maximum Gasteiger partial charge on any atom is 0.281 e. The summed E-state index contributed by atoms with van der Waals surface area (Å²) in [6.07, 6.45) is 0. The van der Waals surface area contributed by atoms with Crippen LogP contribution in [-0.4, -0.2) is 15.0 Å². The van der Waals surface area contributed by atoms with Crippen LogP contribution in [0.5, 0.6) is 5.75 Å². The predicted octanol–water partition coefficient (Wildman–Crippen LogP) is 3.72. The molecule has 0 fully saturated rings. The Balaban J connectivity index is 2.52. The molecule has 0 amide bonds. The van der Waals surface area contributed by atoms with Crippen LogP contribution in [0.4, 0.5) is 5.69 Å². The normalized spacial score (nSPS) is 11.6. The fraction of sp³-hybridized carbons (Fsp3) is 0.214. The molecule has 2 aromatic carbocycles. The second-order valence-electron chi connectivity index (χ2n) is 4.91. The van der Waals surface area contributed by atoms with E-state index in [4.69, 9.17) is 4.42 Å². The van der Waals surface area contributed by atoms with Crippen LogP contribution in [-0.2, 0) is 0 Å². The molecule has 3 aromatic rings. The molecule has 0 unspecified atom stereocenters. The van der Waals surface area contributed by atoms with Crippen molar-refractivity contribution in [2.45, 2.75) is 19.8 Å². The highest BCUT2D eigenvalue weighted by atomic mass is 16.6. The molecule has 0 saturated carbocycles. The topological polar surface area (TPSA) is 89.4 Å². The molecule has 3 rings (SSSR count). The summed E-state index contributed by atoms with van der Waals surface area (Å²) in [4.78, 5) is 15.0. The molecule has 0 bridgehead atoms. The van der Waals surface area contributed by atoms with Gasteiger partial charge in [0.25, 0.3) is 5.69 Å². The highest BCUT2D eigenvalue weighted by Gasteiger charge is 2.21. The summed E-state index contributed by atoms with van der Waals surface area (Å²) >= 11 is 0. The fourth-order valence-electron chi connectivity index (χ4n) is 2.22. The molecule has 6 heteroatoms. The minimum atomic E-state index is -0.487. The van der Waals surface area contributed by atoms with Gasteiger partial charge >= 0.3 is 0 Å². The van der Waals surface area contributed by atoms with E-state index in [-0.39, 0.29) is 22.7 Å². The summed E-state index contributed by atoms with van der Waals surface area (Å²) in [7, 11) is 0. The lowest BCUT2D eigenvalue weighted by Crippen LogP contribution is -1.89. The lowest BCUT2D eigenvalue weighted by molar-refractivity contribution is -0.383. The molecular weight excluding hydrogens is 260 g/mol. The number of nitrogens with zero attached hydrogens (tertiary/aromatic N) is 2. The van der Waals surface area contributed by atoms with Gasteiger partial charge in [-0.25, -0.2) is 4.98 Å². The molecular formula is C14H12N2O4. The van der Waals surface area contributed by atoms with E-state index in [1.165, 1.54) is 18.2 Å². The summed E-state index contributed by atoms with van der Waals surface area (Å²) in [6, 6.07) is 6.01. The van der Waals surface area contributed by atoms with E-state index in [1.807, 2.05) is 13.8 Å². The molecule has 1 N–H and O–H groups in total. The van der Waals surface area contributed by atoms with E-state index in [2.05, 4.69) is 4.98 Å². The molecule has 0 atom stereocenters. The van der Waals surface area contributed by atoms with Crippen molar-refractivity contribution < 1.29 is 14.4 Å². The monoisotopic (exact) mass is 272 g/mol. The molecule has 0 aliphatic heterocycles. The molecule has 1 aromatic heterocycles. The van der Waals surface area contributed by atoms with Gasteiger partial charge in [0.15, 0.2) is 11.5 Å². The third kappa shape index (κ3) is 1.69. The lowest BCUT2D eigenvalue weighted by atomic mass is 10.1. The first-order chi connectivity index (χ1) is 9.49. The third-order valence-electron chi connectivity index (χ3n) is 3.18. The molecule has 1 heterocycles.